The highest BCUT2D eigenvalue weighted by Gasteiger charge is 2.25. The summed E-state index contributed by atoms with van der Waals surface area (Å²) in [4.78, 5) is 2.65. The highest BCUT2D eigenvalue weighted by molar-refractivity contribution is 5.19. The van der Waals surface area contributed by atoms with Gasteiger partial charge < -0.3 is 5.73 Å². The fourth-order valence-electron chi connectivity index (χ4n) is 3.48. The van der Waals surface area contributed by atoms with Crippen molar-refractivity contribution >= 4 is 0 Å². The molecule has 3 unspecified atom stereocenters. The van der Waals surface area contributed by atoms with Gasteiger partial charge in [-0.1, -0.05) is 50.6 Å². The van der Waals surface area contributed by atoms with Gasteiger partial charge in [-0.05, 0) is 43.2 Å². The summed E-state index contributed by atoms with van der Waals surface area (Å²) in [6, 6.07) is 11.4. The first-order chi connectivity index (χ1) is 9.74. The second kappa shape index (κ2) is 7.80. The molecule has 2 N–H and O–H groups in total. The van der Waals surface area contributed by atoms with Crippen molar-refractivity contribution in [3.05, 3.63) is 35.9 Å². The van der Waals surface area contributed by atoms with Crippen molar-refractivity contribution in [3.8, 4) is 0 Å². The highest BCUT2D eigenvalue weighted by atomic mass is 15.2. The lowest BCUT2D eigenvalue weighted by atomic mass is 9.90. The molecule has 1 aliphatic heterocycles. The van der Waals surface area contributed by atoms with Gasteiger partial charge in [0.15, 0.2) is 0 Å². The zero-order valence-corrected chi connectivity index (χ0v) is 13.1. The van der Waals surface area contributed by atoms with E-state index in [1.54, 1.807) is 0 Å². The molecule has 1 aromatic rings. The van der Waals surface area contributed by atoms with Crippen molar-refractivity contribution in [2.45, 2.75) is 51.5 Å². The molecule has 3 atom stereocenters. The van der Waals surface area contributed by atoms with Crippen LogP contribution in [-0.2, 0) is 0 Å². The molecular weight excluding hydrogens is 244 g/mol. The number of benzene rings is 1. The number of hydrogen-bond donors (Lipinski definition) is 1. The zero-order chi connectivity index (χ0) is 14.4. The van der Waals surface area contributed by atoms with Gasteiger partial charge >= 0.3 is 0 Å². The van der Waals surface area contributed by atoms with Crippen LogP contribution in [-0.4, -0.2) is 30.6 Å². The van der Waals surface area contributed by atoms with Crippen LogP contribution in [0, 0.1) is 5.92 Å². The smallest absolute Gasteiger partial charge is 0.0224 e. The Bertz CT molecular complexity index is 376. The molecule has 0 bridgehead atoms. The molecule has 112 valence electrons. The average Bonchev–Trinajstić information content (AvgIpc) is 2.53. The third-order valence-corrected chi connectivity index (χ3v) is 4.91. The molecule has 0 spiro atoms. The second-order valence-electron chi connectivity index (χ2n) is 6.35. The van der Waals surface area contributed by atoms with E-state index in [1.807, 2.05) is 0 Å². The summed E-state index contributed by atoms with van der Waals surface area (Å²) in [5.74, 6) is 1.47. The Balaban J connectivity index is 1.94. The third-order valence-electron chi connectivity index (χ3n) is 4.91. The summed E-state index contributed by atoms with van der Waals surface area (Å²) < 4.78 is 0. The zero-order valence-electron chi connectivity index (χ0n) is 13.1. The lowest BCUT2D eigenvalue weighted by Gasteiger charge is -2.38. The van der Waals surface area contributed by atoms with Crippen molar-refractivity contribution in [3.63, 3.8) is 0 Å². The van der Waals surface area contributed by atoms with E-state index in [0.29, 0.717) is 12.0 Å². The number of likely N-dealkylation sites (tertiary alicyclic amines) is 1. The SMILES string of the molecule is CCC1CCCN(C(CN)CC(C)c2ccccc2)C1. The monoisotopic (exact) mass is 274 g/mol. The van der Waals surface area contributed by atoms with Gasteiger partial charge in [0.2, 0.25) is 0 Å². The Hall–Kier alpha value is -0.860. The molecule has 1 saturated heterocycles. The molecule has 1 heterocycles. The lowest BCUT2D eigenvalue weighted by Crippen LogP contribution is -2.46. The van der Waals surface area contributed by atoms with E-state index < -0.39 is 0 Å². The van der Waals surface area contributed by atoms with Gasteiger partial charge in [0.25, 0.3) is 0 Å². The molecule has 0 saturated carbocycles. The number of nitrogens with zero attached hydrogens (tertiary/aromatic N) is 1. The maximum atomic E-state index is 6.08. The van der Waals surface area contributed by atoms with Crippen molar-refractivity contribution < 1.29 is 0 Å². The Morgan fingerprint density at radius 1 is 1.30 bits per heavy atom. The Morgan fingerprint density at radius 3 is 2.70 bits per heavy atom. The maximum Gasteiger partial charge on any atom is 0.0224 e. The summed E-state index contributed by atoms with van der Waals surface area (Å²) in [5.41, 5.74) is 7.52. The fourth-order valence-corrected chi connectivity index (χ4v) is 3.48. The van der Waals surface area contributed by atoms with E-state index in [-0.39, 0.29) is 0 Å². The van der Waals surface area contributed by atoms with Crippen LogP contribution in [0.5, 0.6) is 0 Å². The van der Waals surface area contributed by atoms with E-state index in [0.717, 1.165) is 12.5 Å². The average molecular weight is 274 g/mol. The van der Waals surface area contributed by atoms with Gasteiger partial charge in [-0.3, -0.25) is 4.90 Å². The Labute approximate surface area is 124 Å². The standard InChI is InChI=1S/C18H30N2/c1-3-16-8-7-11-20(14-16)18(13-19)12-15(2)17-9-5-4-6-10-17/h4-6,9-10,15-16,18H,3,7-8,11-14,19H2,1-2H3. The number of piperidine rings is 1. The number of nitrogens with two attached hydrogens (primary N) is 1. The molecule has 2 nitrogen and oxygen atoms in total. The lowest BCUT2D eigenvalue weighted by molar-refractivity contribution is 0.115. The Kier molecular flexibility index (Phi) is 6.06. The molecule has 0 aliphatic carbocycles. The topological polar surface area (TPSA) is 29.3 Å². The summed E-state index contributed by atoms with van der Waals surface area (Å²) in [5, 5.41) is 0. The normalized spacial score (nSPS) is 23.4. The first kappa shape index (κ1) is 15.5. The first-order valence-electron chi connectivity index (χ1n) is 8.23. The molecule has 20 heavy (non-hydrogen) atoms. The minimum Gasteiger partial charge on any atom is -0.329 e. The first-order valence-corrected chi connectivity index (χ1v) is 8.23. The van der Waals surface area contributed by atoms with Crippen LogP contribution in [0.4, 0.5) is 0 Å². The van der Waals surface area contributed by atoms with Crippen molar-refractivity contribution in [1.82, 2.24) is 4.90 Å². The quantitative estimate of drug-likeness (QED) is 0.858. The highest BCUT2D eigenvalue weighted by Crippen LogP contribution is 2.26. The van der Waals surface area contributed by atoms with E-state index in [9.17, 15) is 0 Å². The molecule has 1 aliphatic rings. The molecule has 2 rings (SSSR count). The fraction of sp³-hybridized carbons (Fsp3) is 0.667. The van der Waals surface area contributed by atoms with E-state index >= 15 is 0 Å². The van der Waals surface area contributed by atoms with E-state index in [1.165, 1.54) is 44.3 Å². The molecule has 0 amide bonds. The summed E-state index contributed by atoms with van der Waals surface area (Å²) in [7, 11) is 0. The molecule has 1 aromatic carbocycles. The largest absolute Gasteiger partial charge is 0.329 e. The van der Waals surface area contributed by atoms with Crippen molar-refractivity contribution in [2.24, 2.45) is 11.7 Å². The molecule has 0 aromatic heterocycles. The van der Waals surface area contributed by atoms with Crippen LogP contribution in [0.3, 0.4) is 0 Å². The third kappa shape index (κ3) is 4.07. The predicted molar refractivity (Wildman–Crippen MR) is 86.9 cm³/mol. The van der Waals surface area contributed by atoms with Crippen LogP contribution in [0.15, 0.2) is 30.3 Å². The van der Waals surface area contributed by atoms with Crippen molar-refractivity contribution in [2.75, 3.05) is 19.6 Å². The van der Waals surface area contributed by atoms with Gasteiger partial charge in [0.05, 0.1) is 0 Å². The minimum absolute atomic E-state index is 0.541. The number of rotatable bonds is 6. The summed E-state index contributed by atoms with van der Waals surface area (Å²) in [6.07, 6.45) is 5.23. The molecule has 0 radical (unpaired) electrons. The van der Waals surface area contributed by atoms with E-state index in [4.69, 9.17) is 5.73 Å². The van der Waals surface area contributed by atoms with Gasteiger partial charge in [0, 0.05) is 19.1 Å². The molecular formula is C18H30N2. The van der Waals surface area contributed by atoms with Crippen LogP contribution >= 0.6 is 0 Å². The van der Waals surface area contributed by atoms with Gasteiger partial charge in [-0.15, -0.1) is 0 Å². The van der Waals surface area contributed by atoms with E-state index in [2.05, 4.69) is 49.1 Å². The molecule has 2 heteroatoms. The van der Waals surface area contributed by atoms with Gasteiger partial charge in [-0.2, -0.15) is 0 Å². The van der Waals surface area contributed by atoms with Crippen LogP contribution in [0.1, 0.15) is 51.0 Å². The van der Waals surface area contributed by atoms with Crippen LogP contribution in [0.25, 0.3) is 0 Å². The number of hydrogen-bond acceptors (Lipinski definition) is 2. The van der Waals surface area contributed by atoms with Crippen molar-refractivity contribution in [1.29, 1.82) is 0 Å². The second-order valence-corrected chi connectivity index (χ2v) is 6.35. The summed E-state index contributed by atoms with van der Waals surface area (Å²) in [6.45, 7) is 7.92. The van der Waals surface area contributed by atoms with Gasteiger partial charge in [-0.25, -0.2) is 0 Å². The molecule has 1 fully saturated rings. The summed E-state index contributed by atoms with van der Waals surface area (Å²) >= 11 is 0. The minimum atomic E-state index is 0.541. The predicted octanol–water partition coefficient (Wildman–Crippen LogP) is 3.63. The maximum absolute atomic E-state index is 6.08. The Morgan fingerprint density at radius 2 is 2.05 bits per heavy atom. The van der Waals surface area contributed by atoms with Crippen LogP contribution < -0.4 is 5.73 Å². The van der Waals surface area contributed by atoms with Gasteiger partial charge in [0.1, 0.15) is 0 Å². The van der Waals surface area contributed by atoms with Crippen LogP contribution in [0.2, 0.25) is 0 Å².